The van der Waals surface area contributed by atoms with Crippen molar-refractivity contribution < 1.29 is 23.1 Å². The Labute approximate surface area is 197 Å². The van der Waals surface area contributed by atoms with Crippen molar-refractivity contribution in [2.24, 2.45) is 0 Å². The second-order valence-corrected chi connectivity index (χ2v) is 8.21. The lowest BCUT2D eigenvalue weighted by Crippen LogP contribution is -2.42. The van der Waals surface area contributed by atoms with E-state index in [1.165, 1.54) is 48.0 Å². The van der Waals surface area contributed by atoms with Crippen molar-refractivity contribution in [2.45, 2.75) is 18.7 Å². The van der Waals surface area contributed by atoms with Gasteiger partial charge in [-0.15, -0.1) is 5.10 Å². The van der Waals surface area contributed by atoms with Crippen molar-refractivity contribution >= 4 is 29.1 Å². The molecular formula is C23H19ClF3N5O2. The van der Waals surface area contributed by atoms with Gasteiger partial charge < -0.3 is 16.2 Å². The Balaban J connectivity index is 1.56. The zero-order chi connectivity index (χ0) is 24.6. The van der Waals surface area contributed by atoms with Crippen molar-refractivity contribution in [1.82, 2.24) is 19.9 Å². The smallest absolute Gasteiger partial charge is 0.255 e. The number of carbonyl (C=O) groups excluding carboxylic acids is 1. The highest BCUT2D eigenvalue weighted by molar-refractivity contribution is 6.34. The van der Waals surface area contributed by atoms with Gasteiger partial charge in [-0.05, 0) is 54.4 Å². The molecule has 4 N–H and O–H groups in total. The van der Waals surface area contributed by atoms with E-state index in [1.54, 1.807) is 6.07 Å². The van der Waals surface area contributed by atoms with Gasteiger partial charge in [-0.2, -0.15) is 4.98 Å². The molecule has 0 spiro atoms. The molecule has 7 nitrogen and oxygen atoms in total. The van der Waals surface area contributed by atoms with Gasteiger partial charge in [-0.3, -0.25) is 4.79 Å². The number of anilines is 1. The van der Waals surface area contributed by atoms with Gasteiger partial charge in [0.1, 0.15) is 23.4 Å². The number of hydrogen-bond donors (Lipinski definition) is 3. The summed E-state index contributed by atoms with van der Waals surface area (Å²) in [6, 6.07) is 10.5. The molecule has 2 atom stereocenters. The van der Waals surface area contributed by atoms with E-state index >= 15 is 4.39 Å². The first kappa shape index (κ1) is 23.5. The van der Waals surface area contributed by atoms with Crippen LogP contribution in [0.2, 0.25) is 5.02 Å². The monoisotopic (exact) mass is 489 g/mol. The average Bonchev–Trinajstić information content (AvgIpc) is 3.17. The van der Waals surface area contributed by atoms with E-state index in [1.807, 2.05) is 0 Å². The Bertz CT molecular complexity index is 1380. The van der Waals surface area contributed by atoms with Crippen LogP contribution in [0.1, 0.15) is 22.8 Å². The van der Waals surface area contributed by atoms with Gasteiger partial charge in [-0.25, -0.2) is 17.7 Å². The maximum absolute atomic E-state index is 15.3. The van der Waals surface area contributed by atoms with Crippen LogP contribution in [0.25, 0.3) is 16.8 Å². The van der Waals surface area contributed by atoms with Gasteiger partial charge in [0.2, 0.25) is 5.95 Å². The van der Waals surface area contributed by atoms with Crippen LogP contribution >= 0.6 is 11.6 Å². The summed E-state index contributed by atoms with van der Waals surface area (Å²) in [6.45, 7) is 0.548. The fraction of sp³-hybridized carbons (Fsp3) is 0.174. The van der Waals surface area contributed by atoms with Crippen LogP contribution in [0.3, 0.4) is 0 Å². The third kappa shape index (κ3) is 4.42. The van der Waals surface area contributed by atoms with E-state index < -0.39 is 41.4 Å². The minimum Gasteiger partial charge on any atom is -0.382 e. The van der Waals surface area contributed by atoms with E-state index in [4.69, 9.17) is 17.3 Å². The van der Waals surface area contributed by atoms with E-state index in [9.17, 15) is 18.7 Å². The standard InChI is InChI=1S/C23H19ClF3N5O2/c1-23(34,13-2-4-14(25)5-3-13)17(26)11-29-21(33)19-16(24)7-6-15(20(19)27)12-8-9-32-18(10-12)30-22(28)31-32/h2-10,17,34H,11H2,1H3,(H2,28,31)(H,29,33). The van der Waals surface area contributed by atoms with Gasteiger partial charge in [0, 0.05) is 11.8 Å². The number of aliphatic hydroxyl groups is 1. The van der Waals surface area contributed by atoms with Crippen LogP contribution in [0.5, 0.6) is 0 Å². The quantitative estimate of drug-likeness (QED) is 0.381. The normalized spacial score (nSPS) is 14.1. The molecule has 0 saturated carbocycles. The van der Waals surface area contributed by atoms with E-state index in [0.717, 1.165) is 12.1 Å². The lowest BCUT2D eigenvalue weighted by Gasteiger charge is -2.28. The van der Waals surface area contributed by atoms with Gasteiger partial charge in [0.05, 0.1) is 17.1 Å². The summed E-state index contributed by atoms with van der Waals surface area (Å²) in [6.07, 6.45) is -0.444. The number of hydrogen-bond acceptors (Lipinski definition) is 5. The van der Waals surface area contributed by atoms with Gasteiger partial charge >= 0.3 is 0 Å². The fourth-order valence-electron chi connectivity index (χ4n) is 3.49. The van der Waals surface area contributed by atoms with Gasteiger partial charge in [0.15, 0.2) is 5.65 Å². The van der Waals surface area contributed by atoms with Gasteiger partial charge in [0.25, 0.3) is 5.91 Å². The summed E-state index contributed by atoms with van der Waals surface area (Å²) in [4.78, 5) is 16.7. The SMILES string of the molecule is CC(O)(c1ccc(F)cc1)C(F)CNC(=O)c1c(Cl)ccc(-c2ccn3nc(N)nc3c2)c1F. The largest absolute Gasteiger partial charge is 0.382 e. The molecule has 4 aromatic rings. The van der Waals surface area contributed by atoms with Crippen molar-refractivity contribution in [3.05, 3.63) is 82.5 Å². The molecule has 2 aromatic carbocycles. The zero-order valence-electron chi connectivity index (χ0n) is 17.8. The maximum Gasteiger partial charge on any atom is 0.255 e. The predicted molar refractivity (Wildman–Crippen MR) is 121 cm³/mol. The Hall–Kier alpha value is -3.63. The highest BCUT2D eigenvalue weighted by Crippen LogP contribution is 2.31. The van der Waals surface area contributed by atoms with Crippen LogP contribution < -0.4 is 11.1 Å². The van der Waals surface area contributed by atoms with Crippen LogP contribution in [-0.4, -0.2) is 38.3 Å². The topological polar surface area (TPSA) is 106 Å². The van der Waals surface area contributed by atoms with Crippen molar-refractivity contribution in [3.63, 3.8) is 0 Å². The molecule has 1 amide bonds. The fourth-order valence-corrected chi connectivity index (χ4v) is 3.72. The molecule has 4 rings (SSSR count). The van der Waals surface area contributed by atoms with Crippen molar-refractivity contribution in [1.29, 1.82) is 0 Å². The first-order valence-corrected chi connectivity index (χ1v) is 10.5. The number of nitrogens with two attached hydrogens (primary N) is 1. The lowest BCUT2D eigenvalue weighted by atomic mass is 9.91. The predicted octanol–water partition coefficient (Wildman–Crippen LogP) is 3.89. The zero-order valence-corrected chi connectivity index (χ0v) is 18.5. The molecule has 2 heterocycles. The number of fused-ring (bicyclic) bond motifs is 1. The lowest BCUT2D eigenvalue weighted by molar-refractivity contribution is -0.0229. The molecule has 34 heavy (non-hydrogen) atoms. The highest BCUT2D eigenvalue weighted by Gasteiger charge is 2.34. The number of nitrogens with zero attached hydrogens (tertiary/aromatic N) is 3. The average molecular weight is 490 g/mol. The number of amides is 1. The third-order valence-electron chi connectivity index (χ3n) is 5.46. The molecule has 0 aliphatic carbocycles. The first-order chi connectivity index (χ1) is 16.1. The molecule has 0 aliphatic rings. The summed E-state index contributed by atoms with van der Waals surface area (Å²) < 4.78 is 44.7. The molecule has 0 aliphatic heterocycles. The number of alkyl halides is 1. The summed E-state index contributed by atoms with van der Waals surface area (Å²) in [5, 5.41) is 16.6. The summed E-state index contributed by atoms with van der Waals surface area (Å²) in [5.41, 5.74) is 4.02. The maximum atomic E-state index is 15.3. The molecule has 176 valence electrons. The minimum atomic E-state index is -2.03. The van der Waals surface area contributed by atoms with Crippen molar-refractivity contribution in [3.8, 4) is 11.1 Å². The molecule has 0 fully saturated rings. The Kier molecular flexibility index (Phi) is 6.20. The van der Waals surface area contributed by atoms with Crippen LogP contribution in [0.4, 0.5) is 19.1 Å². The number of aromatic nitrogens is 3. The second kappa shape index (κ2) is 8.96. The second-order valence-electron chi connectivity index (χ2n) is 7.80. The van der Waals surface area contributed by atoms with E-state index in [0.29, 0.717) is 11.2 Å². The van der Waals surface area contributed by atoms with Crippen LogP contribution in [0.15, 0.2) is 54.7 Å². The Morgan fingerprint density at radius 1 is 1.24 bits per heavy atom. The van der Waals surface area contributed by atoms with E-state index in [2.05, 4.69) is 15.4 Å². The Morgan fingerprint density at radius 3 is 2.65 bits per heavy atom. The molecule has 11 heteroatoms. The van der Waals surface area contributed by atoms with Gasteiger partial charge in [-0.1, -0.05) is 23.7 Å². The van der Waals surface area contributed by atoms with Crippen LogP contribution in [0, 0.1) is 11.6 Å². The number of rotatable bonds is 6. The minimum absolute atomic E-state index is 0.0473. The molecular weight excluding hydrogens is 471 g/mol. The number of nitrogens with one attached hydrogen (secondary N) is 1. The number of nitrogen functional groups attached to an aromatic ring is 1. The molecule has 0 saturated heterocycles. The number of benzene rings is 2. The number of pyridine rings is 1. The Morgan fingerprint density at radius 2 is 1.94 bits per heavy atom. The van der Waals surface area contributed by atoms with Crippen molar-refractivity contribution in [2.75, 3.05) is 12.3 Å². The van der Waals surface area contributed by atoms with Crippen LogP contribution in [-0.2, 0) is 5.60 Å². The third-order valence-corrected chi connectivity index (χ3v) is 5.78. The number of halogens is 4. The molecule has 2 unspecified atom stereocenters. The van der Waals surface area contributed by atoms with E-state index in [-0.39, 0.29) is 22.1 Å². The molecule has 0 radical (unpaired) electrons. The summed E-state index contributed by atoms with van der Waals surface area (Å²) >= 11 is 6.08. The summed E-state index contributed by atoms with van der Waals surface area (Å²) in [5.74, 6) is -2.37. The summed E-state index contributed by atoms with van der Waals surface area (Å²) in [7, 11) is 0. The first-order valence-electron chi connectivity index (χ1n) is 10.1. The number of carbonyl (C=O) groups is 1. The molecule has 0 bridgehead atoms. The highest BCUT2D eigenvalue weighted by atomic mass is 35.5. The molecule has 2 aromatic heterocycles.